The van der Waals surface area contributed by atoms with Gasteiger partial charge in [0.15, 0.2) is 0 Å². The van der Waals surface area contributed by atoms with Gasteiger partial charge in [-0.25, -0.2) is 0 Å². The number of fused-ring (bicyclic) bond motifs is 1. The van der Waals surface area contributed by atoms with Crippen LogP contribution < -0.4 is 5.32 Å². The molecule has 1 N–H and O–H groups in total. The van der Waals surface area contributed by atoms with E-state index in [4.69, 9.17) is 0 Å². The number of nitrogens with one attached hydrogen (secondary N) is 1. The first-order valence-electron chi connectivity index (χ1n) is 9.92. The highest BCUT2D eigenvalue weighted by molar-refractivity contribution is 7.09. The molecule has 0 spiro atoms. The van der Waals surface area contributed by atoms with Gasteiger partial charge in [0.2, 0.25) is 0 Å². The minimum Gasteiger partial charge on any atom is -0.352 e. The fourth-order valence-corrected chi connectivity index (χ4v) is 5.04. The van der Waals surface area contributed by atoms with Gasteiger partial charge >= 0.3 is 0 Å². The van der Waals surface area contributed by atoms with Crippen molar-refractivity contribution in [3.63, 3.8) is 0 Å². The Labute approximate surface area is 160 Å². The Morgan fingerprint density at radius 2 is 2.04 bits per heavy atom. The van der Waals surface area contributed by atoms with Gasteiger partial charge in [0.25, 0.3) is 5.91 Å². The Morgan fingerprint density at radius 3 is 2.88 bits per heavy atom. The lowest BCUT2D eigenvalue weighted by Gasteiger charge is -2.32. The quantitative estimate of drug-likeness (QED) is 0.855. The number of hydrogen-bond donors (Lipinski definition) is 1. The molecule has 1 saturated heterocycles. The van der Waals surface area contributed by atoms with Gasteiger partial charge in [-0.05, 0) is 85.7 Å². The lowest BCUT2D eigenvalue weighted by molar-refractivity contribution is 0.0930. The number of piperidine rings is 1. The summed E-state index contributed by atoms with van der Waals surface area (Å²) in [5.41, 5.74) is 3.64. The Kier molecular flexibility index (Phi) is 5.71. The molecule has 1 amide bonds. The van der Waals surface area contributed by atoms with Crippen LogP contribution in [0.25, 0.3) is 0 Å². The highest BCUT2D eigenvalue weighted by Gasteiger charge is 2.21. The van der Waals surface area contributed by atoms with E-state index in [1.165, 1.54) is 54.7 Å². The second-order valence-electron chi connectivity index (χ2n) is 7.72. The standard InChI is InChI=1S/C22H28N2OS/c25-22(20-10-9-18-6-1-2-7-19(18)13-20)23-14-17-5-3-11-24(15-17)16-21-8-4-12-26-21/h4,8-10,12-13,17H,1-3,5-7,11,14-16H2,(H,23,25). The average Bonchev–Trinajstić information content (AvgIpc) is 3.19. The largest absolute Gasteiger partial charge is 0.352 e. The Balaban J connectivity index is 1.29. The van der Waals surface area contributed by atoms with Crippen LogP contribution >= 0.6 is 11.3 Å². The normalized spacial score (nSPS) is 20.5. The molecule has 138 valence electrons. The van der Waals surface area contributed by atoms with E-state index in [1.807, 2.05) is 17.4 Å². The van der Waals surface area contributed by atoms with E-state index < -0.39 is 0 Å². The highest BCUT2D eigenvalue weighted by Crippen LogP contribution is 2.23. The van der Waals surface area contributed by atoms with Crippen molar-refractivity contribution in [1.29, 1.82) is 0 Å². The molecule has 1 atom stereocenters. The summed E-state index contributed by atoms with van der Waals surface area (Å²) in [5, 5.41) is 5.34. The summed E-state index contributed by atoms with van der Waals surface area (Å²) < 4.78 is 0. The summed E-state index contributed by atoms with van der Waals surface area (Å²) in [4.78, 5) is 16.6. The minimum absolute atomic E-state index is 0.0914. The number of nitrogens with zero attached hydrogens (tertiary/aromatic N) is 1. The molecule has 4 rings (SSSR count). The smallest absolute Gasteiger partial charge is 0.251 e. The average molecular weight is 369 g/mol. The van der Waals surface area contributed by atoms with Gasteiger partial charge in [-0.15, -0.1) is 11.3 Å². The van der Waals surface area contributed by atoms with Gasteiger partial charge in [0.05, 0.1) is 0 Å². The zero-order valence-corrected chi connectivity index (χ0v) is 16.2. The van der Waals surface area contributed by atoms with E-state index >= 15 is 0 Å². The van der Waals surface area contributed by atoms with Crippen molar-refractivity contribution in [3.8, 4) is 0 Å². The van der Waals surface area contributed by atoms with Crippen LogP contribution in [0.5, 0.6) is 0 Å². The molecule has 0 saturated carbocycles. The SMILES string of the molecule is O=C(NCC1CCCN(Cc2cccs2)C1)c1ccc2c(c1)CCCC2. The summed E-state index contributed by atoms with van der Waals surface area (Å²) in [5.74, 6) is 0.652. The van der Waals surface area contributed by atoms with Gasteiger partial charge in [-0.1, -0.05) is 12.1 Å². The predicted molar refractivity (Wildman–Crippen MR) is 108 cm³/mol. The number of benzene rings is 1. The van der Waals surface area contributed by atoms with Crippen LogP contribution in [0, 0.1) is 5.92 Å². The third-order valence-electron chi connectivity index (χ3n) is 5.72. The fraction of sp³-hybridized carbons (Fsp3) is 0.500. The minimum atomic E-state index is 0.0914. The molecule has 2 heterocycles. The van der Waals surface area contributed by atoms with Crippen LogP contribution in [0.15, 0.2) is 35.7 Å². The number of likely N-dealkylation sites (tertiary alicyclic amines) is 1. The van der Waals surface area contributed by atoms with Gasteiger partial charge in [0.1, 0.15) is 0 Å². The van der Waals surface area contributed by atoms with Crippen LogP contribution in [-0.2, 0) is 19.4 Å². The second kappa shape index (κ2) is 8.36. The molecule has 1 aliphatic heterocycles. The van der Waals surface area contributed by atoms with E-state index in [1.54, 1.807) is 0 Å². The maximum atomic E-state index is 12.6. The number of rotatable bonds is 5. The van der Waals surface area contributed by atoms with Crippen molar-refractivity contribution >= 4 is 17.2 Å². The highest BCUT2D eigenvalue weighted by atomic mass is 32.1. The monoisotopic (exact) mass is 368 g/mol. The van der Waals surface area contributed by atoms with Crippen molar-refractivity contribution in [1.82, 2.24) is 10.2 Å². The maximum absolute atomic E-state index is 12.6. The molecule has 1 fully saturated rings. The number of carbonyl (C=O) groups is 1. The summed E-state index contributed by atoms with van der Waals surface area (Å²) in [6.07, 6.45) is 7.26. The van der Waals surface area contributed by atoms with E-state index in [0.29, 0.717) is 5.92 Å². The zero-order chi connectivity index (χ0) is 17.8. The Hall–Kier alpha value is -1.65. The first-order chi connectivity index (χ1) is 12.8. The van der Waals surface area contributed by atoms with Gasteiger partial charge in [-0.2, -0.15) is 0 Å². The summed E-state index contributed by atoms with van der Waals surface area (Å²) >= 11 is 1.83. The molecule has 1 unspecified atom stereocenters. The van der Waals surface area contributed by atoms with Crippen LogP contribution in [0.3, 0.4) is 0 Å². The first kappa shape index (κ1) is 17.7. The molecule has 1 aromatic carbocycles. The van der Waals surface area contributed by atoms with Crippen LogP contribution in [-0.4, -0.2) is 30.4 Å². The molecule has 2 aliphatic rings. The Bertz CT molecular complexity index is 741. The van der Waals surface area contributed by atoms with E-state index in [2.05, 4.69) is 39.9 Å². The molecule has 26 heavy (non-hydrogen) atoms. The summed E-state index contributed by atoms with van der Waals surface area (Å²) in [6, 6.07) is 10.6. The van der Waals surface area contributed by atoms with E-state index in [-0.39, 0.29) is 5.91 Å². The molecule has 1 aliphatic carbocycles. The third-order valence-corrected chi connectivity index (χ3v) is 6.59. The van der Waals surface area contributed by atoms with Crippen molar-refractivity contribution in [2.75, 3.05) is 19.6 Å². The van der Waals surface area contributed by atoms with E-state index in [0.717, 1.165) is 31.6 Å². The van der Waals surface area contributed by atoms with Crippen LogP contribution in [0.1, 0.15) is 52.0 Å². The number of aryl methyl sites for hydroxylation is 2. The van der Waals surface area contributed by atoms with Crippen molar-refractivity contribution < 1.29 is 4.79 Å². The second-order valence-corrected chi connectivity index (χ2v) is 8.76. The zero-order valence-electron chi connectivity index (χ0n) is 15.4. The van der Waals surface area contributed by atoms with Gasteiger partial charge < -0.3 is 5.32 Å². The molecular formula is C22H28N2OS. The molecular weight excluding hydrogens is 340 g/mol. The lowest BCUT2D eigenvalue weighted by Crippen LogP contribution is -2.40. The number of amides is 1. The van der Waals surface area contributed by atoms with Crippen molar-refractivity contribution in [2.24, 2.45) is 5.92 Å². The summed E-state index contributed by atoms with van der Waals surface area (Å²) in [6.45, 7) is 4.10. The summed E-state index contributed by atoms with van der Waals surface area (Å²) in [7, 11) is 0. The van der Waals surface area contributed by atoms with Gasteiger partial charge in [0, 0.05) is 30.1 Å². The van der Waals surface area contributed by atoms with Crippen molar-refractivity contribution in [2.45, 2.75) is 45.1 Å². The molecule has 2 aromatic rings. The molecule has 4 heteroatoms. The number of hydrogen-bond acceptors (Lipinski definition) is 3. The topological polar surface area (TPSA) is 32.3 Å². The number of thiophene rings is 1. The third kappa shape index (κ3) is 4.36. The fourth-order valence-electron chi connectivity index (χ4n) is 4.30. The molecule has 0 radical (unpaired) electrons. The molecule has 3 nitrogen and oxygen atoms in total. The lowest BCUT2D eigenvalue weighted by atomic mass is 9.90. The molecule has 0 bridgehead atoms. The maximum Gasteiger partial charge on any atom is 0.251 e. The van der Waals surface area contributed by atoms with Gasteiger partial charge in [-0.3, -0.25) is 9.69 Å². The van der Waals surface area contributed by atoms with E-state index in [9.17, 15) is 4.79 Å². The first-order valence-corrected chi connectivity index (χ1v) is 10.8. The van der Waals surface area contributed by atoms with Crippen LogP contribution in [0.2, 0.25) is 0 Å². The molecule has 1 aromatic heterocycles. The predicted octanol–water partition coefficient (Wildman–Crippen LogP) is 4.27. The van der Waals surface area contributed by atoms with Crippen molar-refractivity contribution in [3.05, 3.63) is 57.3 Å². The van der Waals surface area contributed by atoms with Crippen LogP contribution in [0.4, 0.5) is 0 Å². The Morgan fingerprint density at radius 1 is 1.15 bits per heavy atom. The number of carbonyl (C=O) groups excluding carboxylic acids is 1.